The molecule has 0 aromatic rings. The number of unbranched alkanes of at least 4 members (excludes halogenated alkanes) is 3. The van der Waals surface area contributed by atoms with E-state index in [2.05, 4.69) is 72.0 Å². The van der Waals surface area contributed by atoms with Gasteiger partial charge in [-0.25, -0.2) is 0 Å². The van der Waals surface area contributed by atoms with Gasteiger partial charge in [-0.05, 0) is 68.0 Å². The van der Waals surface area contributed by atoms with Gasteiger partial charge in [-0.2, -0.15) is 0 Å². The van der Waals surface area contributed by atoms with E-state index in [4.69, 9.17) is 9.53 Å². The Hall–Kier alpha value is -0.913. The first-order valence-corrected chi connectivity index (χ1v) is 15.7. The third kappa shape index (κ3) is 9.92. The minimum atomic E-state index is -1.85. The summed E-state index contributed by atoms with van der Waals surface area (Å²) in [5, 5.41) is 19.6. The first kappa shape index (κ1) is 29.1. The van der Waals surface area contributed by atoms with Gasteiger partial charge in [0.2, 0.25) is 0 Å². The minimum absolute atomic E-state index is 0.152. The first-order valence-electron chi connectivity index (χ1n) is 12.8. The third-order valence-electron chi connectivity index (χ3n) is 7.49. The molecule has 0 saturated heterocycles. The van der Waals surface area contributed by atoms with Crippen molar-refractivity contribution >= 4 is 14.3 Å². The van der Waals surface area contributed by atoms with Crippen LogP contribution < -0.4 is 0 Å². The van der Waals surface area contributed by atoms with Gasteiger partial charge in [0.25, 0.3) is 0 Å². The summed E-state index contributed by atoms with van der Waals surface area (Å²) in [6.07, 6.45) is 16.8. The van der Waals surface area contributed by atoms with Gasteiger partial charge < -0.3 is 14.6 Å². The normalized spacial score (nSPS) is 25.8. The van der Waals surface area contributed by atoms with Gasteiger partial charge in [0, 0.05) is 6.42 Å². The number of rotatable bonds is 14. The van der Waals surface area contributed by atoms with Crippen molar-refractivity contribution in [1.29, 1.82) is 0 Å². The molecule has 0 spiro atoms. The van der Waals surface area contributed by atoms with Crippen LogP contribution in [-0.4, -0.2) is 36.7 Å². The number of carbonyl (C=O) groups is 1. The van der Waals surface area contributed by atoms with Crippen LogP contribution in [0.5, 0.6) is 0 Å². The fraction of sp³-hybridized carbons (Fsp3) is 0.815. The Bertz CT molecular complexity index is 605. The fourth-order valence-electron chi connectivity index (χ4n) is 4.38. The molecule has 1 aliphatic carbocycles. The Balaban J connectivity index is 2.83. The minimum Gasteiger partial charge on any atom is -0.481 e. The number of aliphatic carboxylic acids is 1. The second-order valence-electron chi connectivity index (χ2n) is 11.3. The van der Waals surface area contributed by atoms with E-state index in [1.807, 2.05) is 0 Å². The molecule has 1 rings (SSSR count). The summed E-state index contributed by atoms with van der Waals surface area (Å²) >= 11 is 0. The van der Waals surface area contributed by atoms with Crippen molar-refractivity contribution in [3.8, 4) is 0 Å². The van der Waals surface area contributed by atoms with Gasteiger partial charge >= 0.3 is 5.97 Å². The van der Waals surface area contributed by atoms with Crippen LogP contribution in [0.15, 0.2) is 24.3 Å². The number of carboxylic acids is 1. The summed E-state index contributed by atoms with van der Waals surface area (Å²) in [6, 6.07) is 0. The SMILES string of the molecule is CCCCC[C@@H](/C=C/[C@@H]1[C@@H](C/C=C\CCCC(=O)O)[C@@H](O)C[C@H]1C)O[Si](C)(C)C(C)(C)C. The van der Waals surface area contributed by atoms with E-state index in [1.54, 1.807) is 0 Å². The highest BCUT2D eigenvalue weighted by molar-refractivity contribution is 6.74. The lowest BCUT2D eigenvalue weighted by atomic mass is 9.86. The summed E-state index contributed by atoms with van der Waals surface area (Å²) < 4.78 is 6.78. The zero-order chi connectivity index (χ0) is 24.4. The highest BCUT2D eigenvalue weighted by Gasteiger charge is 2.40. The summed E-state index contributed by atoms with van der Waals surface area (Å²) in [5.74, 6) is 0.291. The van der Waals surface area contributed by atoms with Crippen LogP contribution in [0.25, 0.3) is 0 Å². The van der Waals surface area contributed by atoms with E-state index >= 15 is 0 Å². The van der Waals surface area contributed by atoms with E-state index in [0.29, 0.717) is 18.3 Å². The van der Waals surface area contributed by atoms with Crippen molar-refractivity contribution in [3.63, 3.8) is 0 Å². The number of aliphatic hydroxyl groups is 1. The molecule has 2 N–H and O–H groups in total. The molecule has 32 heavy (non-hydrogen) atoms. The summed E-state index contributed by atoms with van der Waals surface area (Å²) in [7, 11) is -1.85. The molecule has 1 fully saturated rings. The Morgan fingerprint density at radius 2 is 1.88 bits per heavy atom. The van der Waals surface area contributed by atoms with Crippen molar-refractivity contribution in [2.75, 3.05) is 0 Å². The van der Waals surface area contributed by atoms with E-state index in [1.165, 1.54) is 19.3 Å². The van der Waals surface area contributed by atoms with Crippen LogP contribution in [0.1, 0.15) is 92.4 Å². The zero-order valence-corrected chi connectivity index (χ0v) is 22.8. The summed E-state index contributed by atoms with van der Waals surface area (Å²) in [5.41, 5.74) is 0. The van der Waals surface area contributed by atoms with E-state index in [9.17, 15) is 9.90 Å². The van der Waals surface area contributed by atoms with Gasteiger partial charge in [-0.3, -0.25) is 4.79 Å². The highest BCUT2D eigenvalue weighted by Crippen LogP contribution is 2.41. The molecular weight excluding hydrogens is 416 g/mol. The summed E-state index contributed by atoms with van der Waals surface area (Å²) in [4.78, 5) is 10.6. The van der Waals surface area contributed by atoms with E-state index in [-0.39, 0.29) is 29.6 Å². The largest absolute Gasteiger partial charge is 0.481 e. The zero-order valence-electron chi connectivity index (χ0n) is 21.8. The molecule has 0 bridgehead atoms. The van der Waals surface area contributed by atoms with Crippen LogP contribution in [0, 0.1) is 17.8 Å². The van der Waals surface area contributed by atoms with Gasteiger partial charge in [-0.15, -0.1) is 0 Å². The van der Waals surface area contributed by atoms with Crippen LogP contribution in [0.3, 0.4) is 0 Å². The Morgan fingerprint density at radius 1 is 1.19 bits per heavy atom. The molecular formula is C27H50O4Si. The van der Waals surface area contributed by atoms with Gasteiger partial charge in [-0.1, -0.05) is 78.2 Å². The molecule has 0 heterocycles. The molecule has 0 aromatic carbocycles. The smallest absolute Gasteiger partial charge is 0.303 e. The van der Waals surface area contributed by atoms with Crippen molar-refractivity contribution in [3.05, 3.63) is 24.3 Å². The van der Waals surface area contributed by atoms with E-state index < -0.39 is 14.3 Å². The maximum absolute atomic E-state index is 10.7. The molecule has 5 atom stereocenters. The molecule has 1 saturated carbocycles. The van der Waals surface area contributed by atoms with Crippen molar-refractivity contribution in [1.82, 2.24) is 0 Å². The molecule has 1 aliphatic rings. The molecule has 0 aliphatic heterocycles. The third-order valence-corrected chi connectivity index (χ3v) is 12.0. The fourth-order valence-corrected chi connectivity index (χ4v) is 5.68. The molecule has 4 nitrogen and oxygen atoms in total. The van der Waals surface area contributed by atoms with Crippen LogP contribution in [0.2, 0.25) is 18.1 Å². The molecule has 186 valence electrons. The highest BCUT2D eigenvalue weighted by atomic mass is 28.4. The van der Waals surface area contributed by atoms with Gasteiger partial charge in [0.05, 0.1) is 12.2 Å². The van der Waals surface area contributed by atoms with Crippen molar-refractivity contribution in [2.45, 2.75) is 123 Å². The van der Waals surface area contributed by atoms with Gasteiger partial charge in [0.15, 0.2) is 8.32 Å². The van der Waals surface area contributed by atoms with Crippen molar-refractivity contribution < 1.29 is 19.4 Å². The lowest BCUT2D eigenvalue weighted by Crippen LogP contribution is -2.43. The van der Waals surface area contributed by atoms with Gasteiger partial charge in [0.1, 0.15) is 0 Å². The number of hydrogen-bond acceptors (Lipinski definition) is 3. The maximum atomic E-state index is 10.7. The predicted molar refractivity (Wildman–Crippen MR) is 137 cm³/mol. The van der Waals surface area contributed by atoms with E-state index in [0.717, 1.165) is 25.7 Å². The van der Waals surface area contributed by atoms with Crippen LogP contribution in [-0.2, 0) is 9.22 Å². The Morgan fingerprint density at radius 3 is 2.47 bits per heavy atom. The number of aliphatic hydroxyl groups excluding tert-OH is 1. The van der Waals surface area contributed by atoms with Crippen LogP contribution >= 0.6 is 0 Å². The Labute approximate surface area is 198 Å². The number of hydrogen-bond donors (Lipinski definition) is 2. The standard InChI is InChI=1S/C27H50O4Si/c1-8-9-12-15-22(31-32(6,7)27(3,4)5)18-19-23-21(2)20-25(28)24(23)16-13-10-11-14-17-26(29)30/h10,13,18-19,21-25,28H,8-9,11-12,14-17,20H2,1-7H3,(H,29,30)/b13-10-,19-18+/t21-,22+,23+,24-,25+/m1/s1. The average Bonchev–Trinajstić information content (AvgIpc) is 2.94. The lowest BCUT2D eigenvalue weighted by Gasteiger charge is -2.39. The Kier molecular flexibility index (Phi) is 12.5. The second kappa shape index (κ2) is 13.7. The number of allylic oxidation sites excluding steroid dienone is 3. The molecule has 0 amide bonds. The average molecular weight is 467 g/mol. The summed E-state index contributed by atoms with van der Waals surface area (Å²) in [6.45, 7) is 16.0. The molecule has 0 radical (unpaired) electrons. The topological polar surface area (TPSA) is 66.8 Å². The molecule has 5 heteroatoms. The van der Waals surface area contributed by atoms with Crippen molar-refractivity contribution in [2.24, 2.45) is 17.8 Å². The monoisotopic (exact) mass is 466 g/mol. The first-order chi connectivity index (χ1) is 14.9. The number of carboxylic acid groups (broad SMARTS) is 1. The molecule has 0 unspecified atom stereocenters. The lowest BCUT2D eigenvalue weighted by molar-refractivity contribution is -0.137. The molecule has 0 aromatic heterocycles. The second-order valence-corrected chi connectivity index (χ2v) is 16.1. The van der Waals surface area contributed by atoms with Crippen LogP contribution in [0.4, 0.5) is 0 Å². The quantitative estimate of drug-likeness (QED) is 0.159. The predicted octanol–water partition coefficient (Wildman–Crippen LogP) is 7.35. The maximum Gasteiger partial charge on any atom is 0.303 e.